The molecule has 3 aromatic heterocycles. The number of carbonyl (C=O) groups is 5. The minimum atomic E-state index is -0.823. The van der Waals surface area contributed by atoms with Crippen LogP contribution in [0.3, 0.4) is 0 Å². The quantitative estimate of drug-likeness (QED) is 0.0592. The Kier molecular flexibility index (Phi) is 17.9. The largest absolute Gasteiger partial charge is 0.379 e. The van der Waals surface area contributed by atoms with E-state index >= 15 is 0 Å². The normalized spacial score (nSPS) is 17.0. The second-order valence-electron chi connectivity index (χ2n) is 20.8. The van der Waals surface area contributed by atoms with E-state index in [2.05, 4.69) is 35.7 Å². The van der Waals surface area contributed by atoms with Crippen molar-refractivity contribution in [3.63, 3.8) is 0 Å². The van der Waals surface area contributed by atoms with Crippen LogP contribution < -0.4 is 20.9 Å². The molecule has 4 atom stereocenters. The summed E-state index contributed by atoms with van der Waals surface area (Å²) in [4.78, 5) is 90.9. The third-order valence-corrected chi connectivity index (χ3v) is 16.2. The molecule has 0 radical (unpaired) electrons. The van der Waals surface area contributed by atoms with E-state index in [0.29, 0.717) is 56.4 Å². The van der Waals surface area contributed by atoms with E-state index in [0.717, 1.165) is 82.5 Å². The Labute approximate surface area is 458 Å². The number of amides is 5. The van der Waals surface area contributed by atoms with E-state index < -0.39 is 23.5 Å². The molecule has 3 aromatic carbocycles. The van der Waals surface area contributed by atoms with Crippen molar-refractivity contribution in [2.75, 3.05) is 75.9 Å². The fourth-order valence-electron chi connectivity index (χ4n) is 10.1. The first-order valence-electron chi connectivity index (χ1n) is 26.4. The maximum atomic E-state index is 14.1. The van der Waals surface area contributed by atoms with Crippen LogP contribution in [0.2, 0.25) is 0 Å². The zero-order chi connectivity index (χ0) is 54.1. The molecule has 2 unspecified atom stereocenters. The van der Waals surface area contributed by atoms with E-state index in [-0.39, 0.29) is 48.6 Å². The van der Waals surface area contributed by atoms with Gasteiger partial charge in [-0.1, -0.05) is 87.5 Å². The van der Waals surface area contributed by atoms with Gasteiger partial charge in [0, 0.05) is 81.1 Å². The predicted octanol–water partition coefficient (Wildman–Crippen LogP) is 7.92. The third kappa shape index (κ3) is 13.4. The van der Waals surface area contributed by atoms with Crippen LogP contribution >= 0.6 is 22.7 Å². The number of aromatic nitrogens is 3. The lowest BCUT2D eigenvalue weighted by molar-refractivity contribution is -0.144. The van der Waals surface area contributed by atoms with E-state index in [1.165, 1.54) is 11.3 Å². The van der Waals surface area contributed by atoms with Gasteiger partial charge in [-0.05, 0) is 78.1 Å². The van der Waals surface area contributed by atoms with Crippen LogP contribution in [-0.2, 0) is 35.2 Å². The van der Waals surface area contributed by atoms with Crippen molar-refractivity contribution in [3.8, 4) is 21.6 Å². The fourth-order valence-corrected chi connectivity index (χ4v) is 11.5. The first-order chi connectivity index (χ1) is 37.2. The lowest BCUT2D eigenvalue weighted by Crippen LogP contribution is -2.57. The second-order valence-corrected chi connectivity index (χ2v) is 22.6. The molecule has 0 bridgehead atoms. The number of carbonyl (C=O) groups excluding carboxylic acids is 5. The van der Waals surface area contributed by atoms with Gasteiger partial charge in [-0.2, -0.15) is 0 Å². The maximum absolute atomic E-state index is 14.1. The number of aryl methyl sites for hydroxylation is 1. The number of anilines is 2. The Hall–Kier alpha value is -6.90. The van der Waals surface area contributed by atoms with Crippen LogP contribution in [0.5, 0.6) is 0 Å². The Balaban J connectivity index is 0.661. The average Bonchev–Trinajstić information content (AvgIpc) is 4.29. The SMILES string of the molecule is Cc1ncsc1-c1ccc([C@H](C)NC(=O)[C@@H]2CCCN2C(=O)C(NC(=O)CCOCCOCCN2CCN(c3ccc(-c4ccc5c(c4)C(=O)N(C(C(=O)Nc4nccs4)c4ccccc4)C5)cn3)CC2)C(C)(C)C)cc1. The smallest absolute Gasteiger partial charge is 0.255 e. The standard InChI is InChI=1S/C58H68N10O7S2/c1-38(40-13-15-42(16-14-40)51-39(2)61-37-77-51)62-53(70)47-12-9-23-67(47)56(73)52(58(3,4)5)63-49(69)21-29-74-31-32-75-30-28-65-24-26-66(27-25-65)48-20-19-44(35-60-48)43-17-18-45-36-68(55(72)46(45)34-43)50(41-10-7-6-8-11-41)54(71)64-57-59-22-33-76-57/h6-8,10-11,13-20,22,33-35,37-38,47,50,52H,9,12,21,23-32,36H2,1-5H3,(H,62,70)(H,63,69)(H,59,64,71)/t38-,47-,50?,52?/m0/s1. The molecule has 17 nitrogen and oxygen atoms in total. The third-order valence-electron chi connectivity index (χ3n) is 14.5. The van der Waals surface area contributed by atoms with Crippen molar-refractivity contribution in [1.82, 2.24) is 40.3 Å². The highest BCUT2D eigenvalue weighted by atomic mass is 32.1. The second kappa shape index (κ2) is 25.1. The van der Waals surface area contributed by atoms with E-state index in [4.69, 9.17) is 14.5 Å². The summed E-state index contributed by atoms with van der Waals surface area (Å²) in [6, 6.07) is 24.9. The number of ether oxygens (including phenoxy) is 2. The molecule has 2 saturated heterocycles. The van der Waals surface area contributed by atoms with Gasteiger partial charge < -0.3 is 34.8 Å². The Bertz CT molecular complexity index is 2980. The Morgan fingerprint density at radius 2 is 1.53 bits per heavy atom. The van der Waals surface area contributed by atoms with Crippen molar-refractivity contribution in [1.29, 1.82) is 0 Å². The molecular weight excluding hydrogens is 1010 g/mol. The number of benzene rings is 3. The molecule has 404 valence electrons. The van der Waals surface area contributed by atoms with Crippen LogP contribution in [0.15, 0.2) is 108 Å². The lowest BCUT2D eigenvalue weighted by Gasteiger charge is -2.35. The average molecular weight is 1080 g/mol. The van der Waals surface area contributed by atoms with E-state index in [1.807, 2.05) is 131 Å². The molecule has 77 heavy (non-hydrogen) atoms. The molecule has 2 fully saturated rings. The van der Waals surface area contributed by atoms with E-state index in [9.17, 15) is 24.0 Å². The number of pyridine rings is 1. The van der Waals surface area contributed by atoms with Gasteiger partial charge in [-0.25, -0.2) is 15.0 Å². The number of hydrogen-bond donors (Lipinski definition) is 3. The summed E-state index contributed by atoms with van der Waals surface area (Å²) in [5, 5.41) is 11.3. The van der Waals surface area contributed by atoms with Crippen LogP contribution in [0.25, 0.3) is 21.6 Å². The summed E-state index contributed by atoms with van der Waals surface area (Å²) in [5.41, 5.74) is 8.23. The van der Waals surface area contributed by atoms with Gasteiger partial charge in [-0.15, -0.1) is 22.7 Å². The summed E-state index contributed by atoms with van der Waals surface area (Å²) >= 11 is 2.93. The van der Waals surface area contributed by atoms with Gasteiger partial charge in [0.1, 0.15) is 23.9 Å². The highest BCUT2D eigenvalue weighted by Gasteiger charge is 2.42. The van der Waals surface area contributed by atoms with Crippen molar-refractivity contribution >= 4 is 63.2 Å². The number of fused-ring (bicyclic) bond motifs is 1. The minimum Gasteiger partial charge on any atom is -0.379 e. The predicted molar refractivity (Wildman–Crippen MR) is 299 cm³/mol. The first-order valence-corrected chi connectivity index (χ1v) is 28.2. The van der Waals surface area contributed by atoms with Crippen molar-refractivity contribution in [2.45, 2.75) is 84.6 Å². The Morgan fingerprint density at radius 1 is 0.792 bits per heavy atom. The van der Waals surface area contributed by atoms with Crippen molar-refractivity contribution in [2.24, 2.45) is 5.41 Å². The molecule has 9 rings (SSSR count). The Morgan fingerprint density at radius 3 is 2.22 bits per heavy atom. The van der Waals surface area contributed by atoms with Gasteiger partial charge >= 0.3 is 0 Å². The molecular formula is C58H68N10O7S2. The van der Waals surface area contributed by atoms with Gasteiger partial charge in [0.05, 0.1) is 48.6 Å². The molecule has 3 N–H and O–H groups in total. The van der Waals surface area contributed by atoms with Gasteiger partial charge in [-0.3, -0.25) is 34.2 Å². The van der Waals surface area contributed by atoms with Crippen LogP contribution in [0.4, 0.5) is 10.9 Å². The molecule has 3 aliphatic rings. The van der Waals surface area contributed by atoms with Crippen LogP contribution in [0.1, 0.15) is 91.8 Å². The fraction of sp³-hybridized carbons (Fsp3) is 0.414. The van der Waals surface area contributed by atoms with E-state index in [1.54, 1.807) is 32.7 Å². The summed E-state index contributed by atoms with van der Waals surface area (Å²) in [7, 11) is 0. The summed E-state index contributed by atoms with van der Waals surface area (Å²) in [6.45, 7) is 16.1. The lowest BCUT2D eigenvalue weighted by atomic mass is 9.85. The number of hydrogen-bond acceptors (Lipinski definition) is 14. The van der Waals surface area contributed by atoms with Crippen molar-refractivity contribution < 1.29 is 33.4 Å². The van der Waals surface area contributed by atoms with Gasteiger partial charge in [0.15, 0.2) is 5.13 Å². The molecule has 6 aromatic rings. The van der Waals surface area contributed by atoms with Crippen LogP contribution in [0, 0.1) is 12.3 Å². The molecule has 3 aliphatic heterocycles. The summed E-state index contributed by atoms with van der Waals surface area (Å²) < 4.78 is 11.6. The highest BCUT2D eigenvalue weighted by Crippen LogP contribution is 2.36. The minimum absolute atomic E-state index is 0.0895. The molecule has 5 amide bonds. The number of piperazine rings is 1. The molecule has 19 heteroatoms. The van der Waals surface area contributed by atoms with Gasteiger partial charge in [0.25, 0.3) is 11.8 Å². The van der Waals surface area contributed by atoms with Gasteiger partial charge in [0.2, 0.25) is 17.7 Å². The number of likely N-dealkylation sites (tertiary alicyclic amines) is 1. The molecule has 0 aliphatic carbocycles. The molecule has 0 saturated carbocycles. The number of rotatable bonds is 21. The van der Waals surface area contributed by atoms with Crippen molar-refractivity contribution in [3.05, 3.63) is 136 Å². The monoisotopic (exact) mass is 1080 g/mol. The topological polar surface area (TPSA) is 192 Å². The number of nitrogens with one attached hydrogen (secondary N) is 3. The molecule has 6 heterocycles. The number of thiazole rings is 2. The zero-order valence-electron chi connectivity index (χ0n) is 44.4. The highest BCUT2D eigenvalue weighted by molar-refractivity contribution is 7.14. The summed E-state index contributed by atoms with van der Waals surface area (Å²) in [5.74, 6) is -0.362. The summed E-state index contributed by atoms with van der Waals surface area (Å²) in [6.07, 6.45) is 4.83. The maximum Gasteiger partial charge on any atom is 0.255 e. The molecule has 0 spiro atoms. The zero-order valence-corrected chi connectivity index (χ0v) is 46.0. The van der Waals surface area contributed by atoms with Crippen LogP contribution in [-0.4, -0.2) is 137 Å². The first kappa shape index (κ1) is 54.9. The number of nitrogens with zero attached hydrogens (tertiary/aromatic N) is 7.